The highest BCUT2D eigenvalue weighted by molar-refractivity contribution is 7.89. The molecule has 0 aliphatic heterocycles. The minimum Gasteiger partial charge on any atom is -0.323 e. The molecule has 7 nitrogen and oxygen atoms in total. The van der Waals surface area contributed by atoms with Crippen molar-refractivity contribution >= 4 is 15.7 Å². The number of halogens is 2. The highest BCUT2D eigenvalue weighted by atomic mass is 32.2. The van der Waals surface area contributed by atoms with E-state index in [0.717, 1.165) is 46.8 Å². The molecule has 0 unspecified atom stereocenters. The van der Waals surface area contributed by atoms with E-state index >= 15 is 0 Å². The number of benzene rings is 2. The number of nitrogens with zero attached hydrogens (tertiary/aromatic N) is 2. The lowest BCUT2D eigenvalue weighted by atomic mass is 10.1. The third-order valence-electron chi connectivity index (χ3n) is 3.57. The van der Waals surface area contributed by atoms with Crippen LogP contribution in [0.25, 0.3) is 0 Å². The molecule has 0 fully saturated rings. The van der Waals surface area contributed by atoms with Gasteiger partial charge in [0.2, 0.25) is 10.0 Å². The van der Waals surface area contributed by atoms with Crippen molar-refractivity contribution in [2.45, 2.75) is 10.9 Å². The molecule has 0 heterocycles. The van der Waals surface area contributed by atoms with Gasteiger partial charge in [0.1, 0.15) is 11.6 Å². The van der Waals surface area contributed by atoms with E-state index in [2.05, 4.69) is 0 Å². The van der Waals surface area contributed by atoms with Gasteiger partial charge < -0.3 is 5.73 Å². The van der Waals surface area contributed by atoms with E-state index < -0.39 is 32.6 Å². The number of non-ortho nitro benzene ring substituents is 1. The van der Waals surface area contributed by atoms with E-state index in [4.69, 9.17) is 5.73 Å². The topological polar surface area (TPSA) is 107 Å². The molecule has 2 N–H and O–H groups in total. The molecule has 25 heavy (non-hydrogen) atoms. The summed E-state index contributed by atoms with van der Waals surface area (Å²) in [5.74, 6) is -1.43. The van der Waals surface area contributed by atoms with Crippen molar-refractivity contribution in [1.82, 2.24) is 4.31 Å². The first-order valence-corrected chi connectivity index (χ1v) is 8.48. The Labute approximate surface area is 142 Å². The van der Waals surface area contributed by atoms with Crippen molar-refractivity contribution < 1.29 is 22.1 Å². The van der Waals surface area contributed by atoms with Crippen LogP contribution < -0.4 is 5.73 Å². The number of nitro groups is 1. The van der Waals surface area contributed by atoms with E-state index in [1.165, 1.54) is 7.05 Å². The van der Waals surface area contributed by atoms with Crippen LogP contribution in [0, 0.1) is 21.7 Å². The summed E-state index contributed by atoms with van der Waals surface area (Å²) in [5.41, 5.74) is 5.40. The van der Waals surface area contributed by atoms with Crippen molar-refractivity contribution in [2.75, 3.05) is 13.6 Å². The standard InChI is InChI=1S/C15H15F2N3O4S/c1-19(9-15(18)13-8-10(16)2-7-14(13)17)25(23,24)12-5-3-11(4-6-12)20(21)22/h2-8,15H,9,18H2,1H3/t15-/m1/s1. The molecular formula is C15H15F2N3O4S. The summed E-state index contributed by atoms with van der Waals surface area (Å²) in [6, 6.07) is 5.98. The van der Waals surface area contributed by atoms with E-state index in [9.17, 15) is 27.3 Å². The maximum absolute atomic E-state index is 13.7. The largest absolute Gasteiger partial charge is 0.323 e. The van der Waals surface area contributed by atoms with Crippen molar-refractivity contribution in [3.05, 3.63) is 69.8 Å². The van der Waals surface area contributed by atoms with Gasteiger partial charge in [-0.1, -0.05) is 0 Å². The van der Waals surface area contributed by atoms with Crippen LogP contribution in [-0.4, -0.2) is 31.2 Å². The molecule has 134 valence electrons. The zero-order valence-corrected chi connectivity index (χ0v) is 13.9. The van der Waals surface area contributed by atoms with Crippen LogP contribution in [0.4, 0.5) is 14.5 Å². The Morgan fingerprint density at radius 1 is 1.20 bits per heavy atom. The van der Waals surface area contributed by atoms with Gasteiger partial charge in [-0.3, -0.25) is 10.1 Å². The lowest BCUT2D eigenvalue weighted by Gasteiger charge is -2.22. The van der Waals surface area contributed by atoms with Gasteiger partial charge >= 0.3 is 0 Å². The van der Waals surface area contributed by atoms with Crippen LogP contribution in [0.5, 0.6) is 0 Å². The third kappa shape index (κ3) is 4.16. The second-order valence-electron chi connectivity index (χ2n) is 5.31. The predicted octanol–water partition coefficient (Wildman–Crippen LogP) is 2.19. The number of rotatable bonds is 6. The Balaban J connectivity index is 2.22. The number of hydrogen-bond acceptors (Lipinski definition) is 5. The van der Waals surface area contributed by atoms with Crippen LogP contribution in [0.2, 0.25) is 0 Å². The molecule has 2 aromatic carbocycles. The maximum Gasteiger partial charge on any atom is 0.269 e. The summed E-state index contributed by atoms with van der Waals surface area (Å²) in [6.07, 6.45) is 0. The zero-order chi connectivity index (χ0) is 18.8. The van der Waals surface area contributed by atoms with E-state index in [-0.39, 0.29) is 22.7 Å². The van der Waals surface area contributed by atoms with E-state index in [1.54, 1.807) is 0 Å². The fraction of sp³-hybridized carbons (Fsp3) is 0.200. The fourth-order valence-electron chi connectivity index (χ4n) is 2.19. The Hall–Kier alpha value is -2.43. The van der Waals surface area contributed by atoms with Gasteiger partial charge in [-0.15, -0.1) is 0 Å². The Bertz CT molecular complexity index is 888. The summed E-state index contributed by atoms with van der Waals surface area (Å²) >= 11 is 0. The van der Waals surface area contributed by atoms with Gasteiger partial charge in [0.05, 0.1) is 9.82 Å². The summed E-state index contributed by atoms with van der Waals surface area (Å²) in [7, 11) is -2.76. The monoisotopic (exact) mass is 371 g/mol. The zero-order valence-electron chi connectivity index (χ0n) is 13.1. The summed E-state index contributed by atoms with van der Waals surface area (Å²) < 4.78 is 52.8. The van der Waals surface area contributed by atoms with Crippen LogP contribution in [-0.2, 0) is 10.0 Å². The lowest BCUT2D eigenvalue weighted by Crippen LogP contribution is -2.34. The molecule has 0 radical (unpaired) electrons. The predicted molar refractivity (Wildman–Crippen MR) is 86.2 cm³/mol. The lowest BCUT2D eigenvalue weighted by molar-refractivity contribution is -0.384. The molecule has 0 spiro atoms. The van der Waals surface area contributed by atoms with Gasteiger partial charge in [-0.05, 0) is 30.3 Å². The summed E-state index contributed by atoms with van der Waals surface area (Å²) in [5, 5.41) is 10.6. The Morgan fingerprint density at radius 2 is 1.80 bits per heavy atom. The minimum atomic E-state index is -3.99. The van der Waals surface area contributed by atoms with Gasteiger partial charge in [0.15, 0.2) is 0 Å². The number of nitrogens with two attached hydrogens (primary N) is 1. The Morgan fingerprint density at radius 3 is 2.36 bits per heavy atom. The normalized spacial score (nSPS) is 13.0. The highest BCUT2D eigenvalue weighted by Crippen LogP contribution is 2.22. The van der Waals surface area contributed by atoms with Crippen LogP contribution >= 0.6 is 0 Å². The maximum atomic E-state index is 13.7. The van der Waals surface area contributed by atoms with Gasteiger partial charge in [0.25, 0.3) is 5.69 Å². The van der Waals surface area contributed by atoms with Crippen molar-refractivity contribution in [3.8, 4) is 0 Å². The molecule has 0 aromatic heterocycles. The van der Waals surface area contributed by atoms with Crippen molar-refractivity contribution in [3.63, 3.8) is 0 Å². The molecule has 1 atom stereocenters. The average Bonchev–Trinajstić information content (AvgIpc) is 2.56. The van der Waals surface area contributed by atoms with Gasteiger partial charge in [-0.2, -0.15) is 4.31 Å². The minimum absolute atomic E-state index is 0.147. The number of hydrogen-bond donors (Lipinski definition) is 1. The second kappa shape index (κ2) is 7.21. The molecule has 2 rings (SSSR count). The first-order valence-electron chi connectivity index (χ1n) is 7.04. The first kappa shape index (κ1) is 18.9. The highest BCUT2D eigenvalue weighted by Gasteiger charge is 2.25. The van der Waals surface area contributed by atoms with E-state index in [1.807, 2.05) is 0 Å². The molecule has 0 saturated carbocycles. The second-order valence-corrected chi connectivity index (χ2v) is 7.35. The number of sulfonamides is 1. The Kier molecular flexibility index (Phi) is 5.45. The van der Waals surface area contributed by atoms with Crippen molar-refractivity contribution in [2.24, 2.45) is 5.73 Å². The quantitative estimate of drug-likeness (QED) is 0.619. The third-order valence-corrected chi connectivity index (χ3v) is 5.40. The molecule has 10 heteroatoms. The first-order chi connectivity index (χ1) is 11.6. The molecule has 0 amide bonds. The SMILES string of the molecule is CN(C[C@@H](N)c1cc(F)ccc1F)S(=O)(=O)c1ccc([N+](=O)[O-])cc1. The summed E-state index contributed by atoms with van der Waals surface area (Å²) in [4.78, 5) is 9.80. The van der Waals surface area contributed by atoms with Gasteiger partial charge in [-0.25, -0.2) is 17.2 Å². The van der Waals surface area contributed by atoms with Crippen LogP contribution in [0.1, 0.15) is 11.6 Å². The molecule has 0 aliphatic rings. The van der Waals surface area contributed by atoms with Crippen LogP contribution in [0.15, 0.2) is 47.4 Å². The number of likely N-dealkylation sites (N-methyl/N-ethyl adjacent to an activating group) is 1. The summed E-state index contributed by atoms with van der Waals surface area (Å²) in [6.45, 7) is -0.306. The molecule has 0 aliphatic carbocycles. The number of nitro benzene ring substituents is 1. The molecular weight excluding hydrogens is 356 g/mol. The molecule has 0 bridgehead atoms. The van der Waals surface area contributed by atoms with Gasteiger partial charge in [0, 0.05) is 37.3 Å². The van der Waals surface area contributed by atoms with E-state index in [0.29, 0.717) is 0 Å². The van der Waals surface area contributed by atoms with Crippen LogP contribution in [0.3, 0.4) is 0 Å². The molecule has 2 aromatic rings. The smallest absolute Gasteiger partial charge is 0.269 e. The van der Waals surface area contributed by atoms with Crippen molar-refractivity contribution in [1.29, 1.82) is 0 Å². The average molecular weight is 371 g/mol. The fourth-order valence-corrected chi connectivity index (χ4v) is 3.39. The molecule has 0 saturated heterocycles.